The molecule has 0 atom stereocenters. The van der Waals surface area contributed by atoms with E-state index in [0.717, 1.165) is 18.8 Å². The van der Waals surface area contributed by atoms with Gasteiger partial charge in [-0.2, -0.15) is 5.26 Å². The Hall–Kier alpha value is -1.49. The molecule has 14 heavy (non-hydrogen) atoms. The zero-order valence-corrected chi connectivity index (χ0v) is 8.49. The number of nitriles is 1. The van der Waals surface area contributed by atoms with E-state index in [1.165, 1.54) is 12.8 Å². The van der Waals surface area contributed by atoms with Gasteiger partial charge in [0.1, 0.15) is 5.75 Å². The van der Waals surface area contributed by atoms with Gasteiger partial charge in [0.25, 0.3) is 0 Å². The van der Waals surface area contributed by atoms with Crippen molar-refractivity contribution in [1.82, 2.24) is 0 Å². The molecule has 1 rings (SSSR count). The molecule has 1 aromatic carbocycles. The molecule has 0 aromatic heterocycles. The average molecular weight is 189 g/mol. The van der Waals surface area contributed by atoms with Crippen molar-refractivity contribution in [3.63, 3.8) is 0 Å². The summed E-state index contributed by atoms with van der Waals surface area (Å²) in [5, 5.41) is 8.67. The highest BCUT2D eigenvalue weighted by Gasteiger charge is 1.95. The van der Waals surface area contributed by atoms with E-state index in [9.17, 15) is 0 Å². The number of ether oxygens (including phenoxy) is 1. The van der Waals surface area contributed by atoms with Gasteiger partial charge in [-0.05, 0) is 24.6 Å². The van der Waals surface area contributed by atoms with Crippen LogP contribution >= 0.6 is 0 Å². The van der Waals surface area contributed by atoms with Crippen LogP contribution in [0, 0.1) is 11.3 Å². The Morgan fingerprint density at radius 3 is 2.93 bits per heavy atom. The minimum Gasteiger partial charge on any atom is -0.494 e. The fraction of sp³-hybridized carbons (Fsp3) is 0.417. The minimum absolute atomic E-state index is 0.651. The molecule has 0 aliphatic rings. The van der Waals surface area contributed by atoms with Crippen molar-refractivity contribution in [2.45, 2.75) is 26.2 Å². The Balaban J connectivity index is 2.39. The largest absolute Gasteiger partial charge is 0.494 e. The summed E-state index contributed by atoms with van der Waals surface area (Å²) in [6.45, 7) is 2.90. The number of benzene rings is 1. The SMILES string of the molecule is CCCCCOc1cccc(C#N)c1. The van der Waals surface area contributed by atoms with E-state index in [4.69, 9.17) is 10.00 Å². The highest BCUT2D eigenvalue weighted by atomic mass is 16.5. The van der Waals surface area contributed by atoms with Crippen molar-refractivity contribution < 1.29 is 4.74 Å². The van der Waals surface area contributed by atoms with Gasteiger partial charge in [0, 0.05) is 0 Å². The zero-order valence-electron chi connectivity index (χ0n) is 8.49. The van der Waals surface area contributed by atoms with Crippen molar-refractivity contribution in [3.8, 4) is 11.8 Å². The van der Waals surface area contributed by atoms with Crippen LogP contribution in [0.1, 0.15) is 31.7 Å². The first-order valence-electron chi connectivity index (χ1n) is 4.99. The number of hydrogen-bond acceptors (Lipinski definition) is 2. The predicted octanol–water partition coefficient (Wildman–Crippen LogP) is 3.13. The lowest BCUT2D eigenvalue weighted by Crippen LogP contribution is -1.96. The van der Waals surface area contributed by atoms with Crippen LogP contribution in [0.25, 0.3) is 0 Å². The summed E-state index contributed by atoms with van der Waals surface area (Å²) >= 11 is 0. The van der Waals surface area contributed by atoms with Gasteiger partial charge in [0.2, 0.25) is 0 Å². The molecule has 0 radical (unpaired) electrons. The molecular formula is C12H15NO. The normalized spacial score (nSPS) is 9.43. The van der Waals surface area contributed by atoms with E-state index in [0.29, 0.717) is 5.56 Å². The van der Waals surface area contributed by atoms with Crippen molar-refractivity contribution >= 4 is 0 Å². The summed E-state index contributed by atoms with van der Waals surface area (Å²) < 4.78 is 5.50. The molecule has 0 heterocycles. The Morgan fingerprint density at radius 1 is 1.36 bits per heavy atom. The average Bonchev–Trinajstić information content (AvgIpc) is 2.25. The molecule has 0 unspecified atom stereocenters. The van der Waals surface area contributed by atoms with Gasteiger partial charge < -0.3 is 4.74 Å². The molecular weight excluding hydrogens is 174 g/mol. The first-order valence-corrected chi connectivity index (χ1v) is 4.99. The highest BCUT2D eigenvalue weighted by Crippen LogP contribution is 2.12. The van der Waals surface area contributed by atoms with Crippen molar-refractivity contribution in [2.75, 3.05) is 6.61 Å². The topological polar surface area (TPSA) is 33.0 Å². The van der Waals surface area contributed by atoms with Gasteiger partial charge in [0.05, 0.1) is 18.2 Å². The Kier molecular flexibility index (Phi) is 4.57. The van der Waals surface area contributed by atoms with Crippen molar-refractivity contribution in [1.29, 1.82) is 5.26 Å². The van der Waals surface area contributed by atoms with Gasteiger partial charge in [-0.1, -0.05) is 25.8 Å². The van der Waals surface area contributed by atoms with Crippen LogP contribution in [0.3, 0.4) is 0 Å². The summed E-state index contributed by atoms with van der Waals surface area (Å²) in [5.41, 5.74) is 0.651. The van der Waals surface area contributed by atoms with Gasteiger partial charge in [-0.15, -0.1) is 0 Å². The van der Waals surface area contributed by atoms with Gasteiger partial charge >= 0.3 is 0 Å². The van der Waals surface area contributed by atoms with Gasteiger partial charge in [-0.25, -0.2) is 0 Å². The smallest absolute Gasteiger partial charge is 0.120 e. The molecule has 0 bridgehead atoms. The third kappa shape index (κ3) is 3.49. The second kappa shape index (κ2) is 6.04. The summed E-state index contributed by atoms with van der Waals surface area (Å²) in [6, 6.07) is 9.36. The fourth-order valence-corrected chi connectivity index (χ4v) is 1.20. The molecule has 0 amide bonds. The third-order valence-corrected chi connectivity index (χ3v) is 1.98. The first-order chi connectivity index (χ1) is 6.86. The molecule has 2 nitrogen and oxygen atoms in total. The van der Waals surface area contributed by atoms with Gasteiger partial charge in [-0.3, -0.25) is 0 Å². The van der Waals surface area contributed by atoms with Crippen LogP contribution in [0.4, 0.5) is 0 Å². The molecule has 2 heteroatoms. The third-order valence-electron chi connectivity index (χ3n) is 1.98. The molecule has 0 saturated heterocycles. The molecule has 0 aliphatic heterocycles. The summed E-state index contributed by atoms with van der Waals surface area (Å²) in [5.74, 6) is 0.792. The lowest BCUT2D eigenvalue weighted by Gasteiger charge is -2.05. The van der Waals surface area contributed by atoms with E-state index in [1.54, 1.807) is 12.1 Å². The Bertz CT molecular complexity index is 314. The van der Waals surface area contributed by atoms with Crippen LogP contribution in [0.15, 0.2) is 24.3 Å². The molecule has 0 N–H and O–H groups in total. The van der Waals surface area contributed by atoms with Gasteiger partial charge in [0.15, 0.2) is 0 Å². The van der Waals surface area contributed by atoms with Crippen LogP contribution < -0.4 is 4.74 Å². The quantitative estimate of drug-likeness (QED) is 0.667. The molecule has 0 saturated carbocycles. The zero-order chi connectivity index (χ0) is 10.2. The predicted molar refractivity (Wildman–Crippen MR) is 56.2 cm³/mol. The molecule has 74 valence electrons. The summed E-state index contributed by atoms with van der Waals surface area (Å²) in [7, 11) is 0. The standard InChI is InChI=1S/C12H15NO/c1-2-3-4-8-14-12-7-5-6-11(9-12)10-13/h5-7,9H,2-4,8H2,1H3. The van der Waals surface area contributed by atoms with Crippen LogP contribution in [-0.2, 0) is 0 Å². The van der Waals surface area contributed by atoms with Crippen LogP contribution in [-0.4, -0.2) is 6.61 Å². The fourth-order valence-electron chi connectivity index (χ4n) is 1.20. The number of unbranched alkanes of at least 4 members (excludes halogenated alkanes) is 2. The minimum atomic E-state index is 0.651. The number of rotatable bonds is 5. The van der Waals surface area contributed by atoms with E-state index in [2.05, 4.69) is 13.0 Å². The van der Waals surface area contributed by atoms with E-state index in [1.807, 2.05) is 12.1 Å². The molecule has 0 aliphatic carbocycles. The maximum Gasteiger partial charge on any atom is 0.120 e. The Morgan fingerprint density at radius 2 is 2.21 bits per heavy atom. The first kappa shape index (κ1) is 10.6. The van der Waals surface area contributed by atoms with E-state index >= 15 is 0 Å². The highest BCUT2D eigenvalue weighted by molar-refractivity contribution is 5.36. The van der Waals surface area contributed by atoms with Crippen molar-refractivity contribution in [3.05, 3.63) is 29.8 Å². The van der Waals surface area contributed by atoms with Crippen LogP contribution in [0.5, 0.6) is 5.75 Å². The Labute approximate surface area is 85.1 Å². The summed E-state index contributed by atoms with van der Waals surface area (Å²) in [6.07, 6.45) is 3.47. The lowest BCUT2D eigenvalue weighted by atomic mass is 10.2. The number of nitrogens with zero attached hydrogens (tertiary/aromatic N) is 1. The maximum absolute atomic E-state index is 8.67. The molecule has 1 aromatic rings. The van der Waals surface area contributed by atoms with E-state index in [-0.39, 0.29) is 0 Å². The van der Waals surface area contributed by atoms with E-state index < -0.39 is 0 Å². The molecule has 0 spiro atoms. The van der Waals surface area contributed by atoms with Crippen LogP contribution in [0.2, 0.25) is 0 Å². The summed E-state index contributed by atoms with van der Waals surface area (Å²) in [4.78, 5) is 0. The maximum atomic E-state index is 8.67. The lowest BCUT2D eigenvalue weighted by molar-refractivity contribution is 0.306. The second-order valence-corrected chi connectivity index (χ2v) is 3.20. The molecule has 0 fully saturated rings. The monoisotopic (exact) mass is 189 g/mol. The van der Waals surface area contributed by atoms with Crippen molar-refractivity contribution in [2.24, 2.45) is 0 Å². The second-order valence-electron chi connectivity index (χ2n) is 3.20. The number of hydrogen-bond donors (Lipinski definition) is 0.